The van der Waals surface area contributed by atoms with Crippen LogP contribution in [0.1, 0.15) is 44.7 Å². The smallest absolute Gasteiger partial charge is 0.234 e. The number of para-hydroxylation sites is 1. The molecule has 1 amide bonds. The van der Waals surface area contributed by atoms with Crippen LogP contribution in [0.15, 0.2) is 24.3 Å². The van der Waals surface area contributed by atoms with Gasteiger partial charge >= 0.3 is 0 Å². The van der Waals surface area contributed by atoms with Crippen LogP contribution in [0.3, 0.4) is 0 Å². The molecule has 134 valence electrons. The number of carbonyl (C=O) groups excluding carboxylic acids is 1. The van der Waals surface area contributed by atoms with Gasteiger partial charge in [0.2, 0.25) is 5.91 Å². The molecule has 0 bridgehead atoms. The summed E-state index contributed by atoms with van der Waals surface area (Å²) >= 11 is 0. The summed E-state index contributed by atoms with van der Waals surface area (Å²) in [7, 11) is 1.99. The van der Waals surface area contributed by atoms with Crippen molar-refractivity contribution in [1.82, 2.24) is 15.5 Å². The van der Waals surface area contributed by atoms with Crippen LogP contribution in [0.4, 0.5) is 0 Å². The maximum absolute atomic E-state index is 12.5. The molecule has 1 aliphatic rings. The van der Waals surface area contributed by atoms with E-state index in [9.17, 15) is 4.79 Å². The number of benzene rings is 1. The van der Waals surface area contributed by atoms with Gasteiger partial charge in [0.25, 0.3) is 0 Å². The Morgan fingerprint density at radius 3 is 2.88 bits per heavy atom. The quantitative estimate of drug-likeness (QED) is 0.767. The summed E-state index contributed by atoms with van der Waals surface area (Å²) in [5.74, 6) is 0.949. The third-order valence-corrected chi connectivity index (χ3v) is 4.62. The number of nitrogens with zero attached hydrogens (tertiary/aromatic N) is 1. The summed E-state index contributed by atoms with van der Waals surface area (Å²) in [6.45, 7) is 7.09. The van der Waals surface area contributed by atoms with E-state index in [2.05, 4.69) is 22.5 Å². The van der Waals surface area contributed by atoms with Crippen LogP contribution in [-0.4, -0.2) is 50.1 Å². The highest BCUT2D eigenvalue weighted by atomic mass is 16.5. The summed E-state index contributed by atoms with van der Waals surface area (Å²) in [6, 6.07) is 8.45. The number of amides is 1. The van der Waals surface area contributed by atoms with Gasteiger partial charge in [-0.3, -0.25) is 9.69 Å². The minimum atomic E-state index is -0.00913. The van der Waals surface area contributed by atoms with Crippen molar-refractivity contribution in [2.45, 2.75) is 45.2 Å². The van der Waals surface area contributed by atoms with Gasteiger partial charge in [-0.05, 0) is 45.8 Å². The molecule has 1 fully saturated rings. The van der Waals surface area contributed by atoms with Crippen LogP contribution in [0.5, 0.6) is 5.75 Å². The van der Waals surface area contributed by atoms with Crippen molar-refractivity contribution >= 4 is 5.91 Å². The highest BCUT2D eigenvalue weighted by molar-refractivity contribution is 5.78. The Morgan fingerprint density at radius 1 is 1.38 bits per heavy atom. The minimum absolute atomic E-state index is 0.00913. The molecule has 1 aliphatic heterocycles. The zero-order valence-electron chi connectivity index (χ0n) is 15.2. The predicted molar refractivity (Wildman–Crippen MR) is 97.3 cm³/mol. The van der Waals surface area contributed by atoms with Crippen molar-refractivity contribution < 1.29 is 9.53 Å². The van der Waals surface area contributed by atoms with E-state index in [1.54, 1.807) is 0 Å². The van der Waals surface area contributed by atoms with Crippen LogP contribution in [0.2, 0.25) is 0 Å². The zero-order chi connectivity index (χ0) is 17.4. The van der Waals surface area contributed by atoms with Crippen molar-refractivity contribution in [3.05, 3.63) is 29.8 Å². The Balaban J connectivity index is 1.96. The molecule has 2 unspecified atom stereocenters. The molecule has 2 rings (SSSR count). The largest absolute Gasteiger partial charge is 0.494 e. The standard InChI is InChI=1S/C19H31N3O2/c1-4-17(16-10-6-7-11-18(16)24-5-2)21-19(23)14-22-12-8-9-15(13-22)20-3/h6-7,10-11,15,17,20H,4-5,8-9,12-14H2,1-3H3,(H,21,23). The molecular formula is C19H31N3O2. The Labute approximate surface area is 145 Å². The van der Waals surface area contributed by atoms with Crippen molar-refractivity contribution in [3.63, 3.8) is 0 Å². The third kappa shape index (κ3) is 5.21. The number of likely N-dealkylation sites (tertiary alicyclic amines) is 1. The van der Waals surface area contributed by atoms with Gasteiger partial charge in [0.15, 0.2) is 0 Å². The number of hydrogen-bond donors (Lipinski definition) is 2. The maximum atomic E-state index is 12.5. The van der Waals surface area contributed by atoms with Gasteiger partial charge < -0.3 is 15.4 Å². The number of hydrogen-bond acceptors (Lipinski definition) is 4. The zero-order valence-corrected chi connectivity index (χ0v) is 15.2. The molecule has 1 aromatic carbocycles. The molecule has 0 aromatic heterocycles. The monoisotopic (exact) mass is 333 g/mol. The fraction of sp³-hybridized carbons (Fsp3) is 0.632. The van der Waals surface area contributed by atoms with Gasteiger partial charge in [0.1, 0.15) is 5.75 Å². The lowest BCUT2D eigenvalue weighted by atomic mass is 10.0. The molecule has 0 saturated carbocycles. The second-order valence-corrected chi connectivity index (χ2v) is 6.36. The van der Waals surface area contributed by atoms with E-state index in [1.165, 1.54) is 6.42 Å². The maximum Gasteiger partial charge on any atom is 0.234 e. The first-order chi connectivity index (χ1) is 11.7. The molecular weight excluding hydrogens is 302 g/mol. The van der Waals surface area contributed by atoms with Crippen LogP contribution in [0, 0.1) is 0 Å². The predicted octanol–water partition coefficient (Wildman–Crippen LogP) is 2.34. The summed E-state index contributed by atoms with van der Waals surface area (Å²) in [5.41, 5.74) is 1.06. The van der Waals surface area contributed by atoms with E-state index in [1.807, 2.05) is 38.2 Å². The summed E-state index contributed by atoms with van der Waals surface area (Å²) in [4.78, 5) is 14.7. The average Bonchev–Trinajstić information content (AvgIpc) is 2.61. The topological polar surface area (TPSA) is 53.6 Å². The van der Waals surface area contributed by atoms with Crippen molar-refractivity contribution in [2.75, 3.05) is 33.3 Å². The lowest BCUT2D eigenvalue weighted by molar-refractivity contribution is -0.123. The normalized spacial score (nSPS) is 19.7. The first-order valence-electron chi connectivity index (χ1n) is 9.08. The van der Waals surface area contributed by atoms with E-state index in [0.717, 1.165) is 37.2 Å². The second kappa shape index (κ2) is 9.64. The van der Waals surface area contributed by atoms with Crippen molar-refractivity contribution in [3.8, 4) is 5.75 Å². The summed E-state index contributed by atoms with van der Waals surface area (Å²) < 4.78 is 5.71. The fourth-order valence-electron chi connectivity index (χ4n) is 3.33. The SMILES string of the molecule is CCOc1ccccc1C(CC)NC(=O)CN1CCCC(NC)C1. The summed E-state index contributed by atoms with van der Waals surface area (Å²) in [6.07, 6.45) is 3.17. The fourth-order valence-corrected chi connectivity index (χ4v) is 3.33. The van der Waals surface area contributed by atoms with Gasteiger partial charge in [-0.1, -0.05) is 25.1 Å². The van der Waals surface area contributed by atoms with Gasteiger partial charge in [0, 0.05) is 18.2 Å². The van der Waals surface area contributed by atoms with Crippen LogP contribution in [-0.2, 0) is 4.79 Å². The molecule has 24 heavy (non-hydrogen) atoms. The summed E-state index contributed by atoms with van der Waals surface area (Å²) in [5, 5.41) is 6.50. The van der Waals surface area contributed by atoms with Crippen LogP contribution >= 0.6 is 0 Å². The molecule has 1 saturated heterocycles. The Bertz CT molecular complexity index is 521. The number of nitrogens with one attached hydrogen (secondary N) is 2. The molecule has 0 aliphatic carbocycles. The Morgan fingerprint density at radius 2 is 2.17 bits per heavy atom. The second-order valence-electron chi connectivity index (χ2n) is 6.36. The third-order valence-electron chi connectivity index (χ3n) is 4.62. The van der Waals surface area contributed by atoms with E-state index in [4.69, 9.17) is 4.74 Å². The first kappa shape index (κ1) is 18.7. The van der Waals surface area contributed by atoms with Crippen LogP contribution in [0.25, 0.3) is 0 Å². The number of carbonyl (C=O) groups is 1. The highest BCUT2D eigenvalue weighted by Gasteiger charge is 2.22. The number of piperidine rings is 1. The molecule has 1 aromatic rings. The molecule has 2 N–H and O–H groups in total. The van der Waals surface area contributed by atoms with Crippen molar-refractivity contribution in [1.29, 1.82) is 0 Å². The van der Waals surface area contributed by atoms with Gasteiger partial charge in [0.05, 0.1) is 19.2 Å². The molecule has 0 spiro atoms. The average molecular weight is 333 g/mol. The molecule has 0 radical (unpaired) electrons. The van der Waals surface area contributed by atoms with Gasteiger partial charge in [-0.2, -0.15) is 0 Å². The van der Waals surface area contributed by atoms with E-state index in [0.29, 0.717) is 19.2 Å². The lowest BCUT2D eigenvalue weighted by Gasteiger charge is -2.32. The lowest BCUT2D eigenvalue weighted by Crippen LogP contribution is -2.48. The Hall–Kier alpha value is -1.59. The molecule has 2 atom stereocenters. The van der Waals surface area contributed by atoms with E-state index < -0.39 is 0 Å². The first-order valence-corrected chi connectivity index (χ1v) is 9.08. The molecule has 5 heteroatoms. The highest BCUT2D eigenvalue weighted by Crippen LogP contribution is 2.27. The number of likely N-dealkylation sites (N-methyl/N-ethyl adjacent to an activating group) is 1. The Kier molecular flexibility index (Phi) is 7.53. The van der Waals surface area contributed by atoms with E-state index >= 15 is 0 Å². The van der Waals surface area contributed by atoms with Crippen molar-refractivity contribution in [2.24, 2.45) is 0 Å². The molecule has 1 heterocycles. The minimum Gasteiger partial charge on any atom is -0.494 e. The molecule has 5 nitrogen and oxygen atoms in total. The van der Waals surface area contributed by atoms with Gasteiger partial charge in [-0.25, -0.2) is 0 Å². The number of rotatable bonds is 8. The van der Waals surface area contributed by atoms with Gasteiger partial charge in [-0.15, -0.1) is 0 Å². The van der Waals surface area contributed by atoms with E-state index in [-0.39, 0.29) is 11.9 Å². The number of ether oxygens (including phenoxy) is 1. The van der Waals surface area contributed by atoms with Crippen LogP contribution < -0.4 is 15.4 Å².